The lowest BCUT2D eigenvalue weighted by Gasteiger charge is -2.20. The second kappa shape index (κ2) is 9.18. The molecule has 0 aliphatic carbocycles. The standard InChI is InChI=1S/C17H19ClN4O6/c1-19-16(26)13(23)12(6-8-4-5-20-14(8)24)21-15(25)10-7-9(18)2-3-11(10)22-17(27)28/h2-3,7-8,12,22H,4-6H2,1H3,(H,19,26)(H,20,24)(H,21,25)(H,27,28). The molecule has 1 aliphatic heterocycles. The van der Waals surface area contributed by atoms with Gasteiger partial charge in [0.2, 0.25) is 11.7 Å². The van der Waals surface area contributed by atoms with E-state index in [0.717, 1.165) is 0 Å². The highest BCUT2D eigenvalue weighted by Crippen LogP contribution is 2.22. The maximum absolute atomic E-state index is 12.7. The number of rotatable bonds is 7. The summed E-state index contributed by atoms with van der Waals surface area (Å²) in [6.45, 7) is 0.444. The number of carbonyl (C=O) groups excluding carboxylic acids is 4. The molecule has 0 radical (unpaired) electrons. The number of ketones is 1. The lowest BCUT2D eigenvalue weighted by Crippen LogP contribution is -2.48. The summed E-state index contributed by atoms with van der Waals surface area (Å²) in [5, 5.41) is 18.4. The van der Waals surface area contributed by atoms with Crippen LogP contribution >= 0.6 is 11.6 Å². The molecule has 2 atom stereocenters. The van der Waals surface area contributed by atoms with Gasteiger partial charge in [-0.2, -0.15) is 0 Å². The Kier molecular flexibility index (Phi) is 6.94. The number of hydrogen-bond donors (Lipinski definition) is 5. The molecule has 11 heteroatoms. The third kappa shape index (κ3) is 5.19. The number of hydrogen-bond acceptors (Lipinski definition) is 5. The molecule has 0 bridgehead atoms. The van der Waals surface area contributed by atoms with Crippen LogP contribution in [0.2, 0.25) is 5.02 Å². The van der Waals surface area contributed by atoms with Gasteiger partial charge in [0.1, 0.15) is 0 Å². The van der Waals surface area contributed by atoms with Crippen molar-refractivity contribution in [1.82, 2.24) is 16.0 Å². The van der Waals surface area contributed by atoms with E-state index in [0.29, 0.717) is 13.0 Å². The monoisotopic (exact) mass is 410 g/mol. The Hall–Kier alpha value is -3.14. The molecule has 2 rings (SSSR count). The summed E-state index contributed by atoms with van der Waals surface area (Å²) in [5.74, 6) is -3.44. The molecular weight excluding hydrogens is 392 g/mol. The van der Waals surface area contributed by atoms with E-state index < -0.39 is 35.7 Å². The summed E-state index contributed by atoms with van der Waals surface area (Å²) in [5.41, 5.74) is -0.167. The van der Waals surface area contributed by atoms with Gasteiger partial charge >= 0.3 is 6.09 Å². The minimum absolute atomic E-state index is 0.0425. The first-order valence-electron chi connectivity index (χ1n) is 8.37. The molecule has 150 valence electrons. The molecule has 1 saturated heterocycles. The number of carboxylic acid groups (broad SMARTS) is 1. The zero-order valence-electron chi connectivity index (χ0n) is 14.9. The van der Waals surface area contributed by atoms with Gasteiger partial charge < -0.3 is 21.1 Å². The third-order valence-corrected chi connectivity index (χ3v) is 4.46. The number of likely N-dealkylation sites (N-methyl/N-ethyl adjacent to an activating group) is 1. The van der Waals surface area contributed by atoms with Crippen molar-refractivity contribution in [3.63, 3.8) is 0 Å². The van der Waals surface area contributed by atoms with Crippen molar-refractivity contribution in [3.05, 3.63) is 28.8 Å². The molecule has 0 saturated carbocycles. The summed E-state index contributed by atoms with van der Waals surface area (Å²) in [6, 6.07) is 2.65. The van der Waals surface area contributed by atoms with Crippen LogP contribution < -0.4 is 21.3 Å². The van der Waals surface area contributed by atoms with Gasteiger partial charge in [-0.1, -0.05) is 11.6 Å². The average molecular weight is 411 g/mol. The van der Waals surface area contributed by atoms with Crippen molar-refractivity contribution in [2.24, 2.45) is 5.92 Å². The molecule has 28 heavy (non-hydrogen) atoms. The Bertz CT molecular complexity index is 828. The van der Waals surface area contributed by atoms with Crippen LogP contribution in [0.5, 0.6) is 0 Å². The highest BCUT2D eigenvalue weighted by molar-refractivity contribution is 6.38. The predicted octanol–water partition coefficient (Wildman–Crippen LogP) is 0.370. The summed E-state index contributed by atoms with van der Waals surface area (Å²) in [7, 11) is 1.27. The lowest BCUT2D eigenvalue weighted by molar-refractivity contribution is -0.139. The Morgan fingerprint density at radius 2 is 2.04 bits per heavy atom. The van der Waals surface area contributed by atoms with E-state index in [1.165, 1.54) is 25.2 Å². The second-order valence-electron chi connectivity index (χ2n) is 6.10. The summed E-state index contributed by atoms with van der Waals surface area (Å²) >= 11 is 5.89. The Morgan fingerprint density at radius 3 is 2.61 bits per heavy atom. The first kappa shape index (κ1) is 21.2. The summed E-state index contributed by atoms with van der Waals surface area (Å²) < 4.78 is 0. The zero-order chi connectivity index (χ0) is 20.8. The molecule has 1 aliphatic rings. The maximum atomic E-state index is 12.7. The van der Waals surface area contributed by atoms with Gasteiger partial charge in [0, 0.05) is 24.5 Å². The molecule has 0 spiro atoms. The maximum Gasteiger partial charge on any atom is 0.409 e. The van der Waals surface area contributed by atoms with Gasteiger partial charge in [-0.15, -0.1) is 0 Å². The molecule has 1 aromatic rings. The van der Waals surface area contributed by atoms with Crippen molar-refractivity contribution in [3.8, 4) is 0 Å². The van der Waals surface area contributed by atoms with Crippen LogP contribution in [-0.4, -0.2) is 54.3 Å². The SMILES string of the molecule is CNC(=O)C(=O)C(CC1CCNC1=O)NC(=O)c1cc(Cl)ccc1NC(=O)O. The Balaban J connectivity index is 2.27. The van der Waals surface area contributed by atoms with Crippen molar-refractivity contribution in [2.75, 3.05) is 18.9 Å². The van der Waals surface area contributed by atoms with E-state index in [2.05, 4.69) is 21.3 Å². The number of nitrogens with one attached hydrogen (secondary N) is 4. The molecule has 1 heterocycles. The molecule has 4 amide bonds. The van der Waals surface area contributed by atoms with E-state index in [4.69, 9.17) is 16.7 Å². The van der Waals surface area contributed by atoms with Crippen LogP contribution in [0.4, 0.5) is 10.5 Å². The fourth-order valence-electron chi connectivity index (χ4n) is 2.83. The van der Waals surface area contributed by atoms with Gasteiger partial charge in [0.05, 0.1) is 17.3 Å². The molecule has 5 N–H and O–H groups in total. The normalized spacial score (nSPS) is 16.6. The van der Waals surface area contributed by atoms with Gasteiger partial charge in [-0.3, -0.25) is 24.5 Å². The molecule has 0 aromatic heterocycles. The largest absolute Gasteiger partial charge is 0.465 e. The number of carbonyl (C=O) groups is 5. The first-order chi connectivity index (χ1) is 13.2. The Morgan fingerprint density at radius 1 is 1.32 bits per heavy atom. The number of halogens is 1. The quantitative estimate of drug-likeness (QED) is 0.409. The first-order valence-corrected chi connectivity index (χ1v) is 8.74. The lowest BCUT2D eigenvalue weighted by atomic mass is 9.95. The average Bonchev–Trinajstić information content (AvgIpc) is 3.05. The van der Waals surface area contributed by atoms with E-state index >= 15 is 0 Å². The van der Waals surface area contributed by atoms with Gasteiger partial charge in [-0.25, -0.2) is 4.79 Å². The van der Waals surface area contributed by atoms with Gasteiger partial charge in [0.15, 0.2) is 0 Å². The van der Waals surface area contributed by atoms with E-state index in [1.54, 1.807) is 0 Å². The second-order valence-corrected chi connectivity index (χ2v) is 6.54. The van der Waals surface area contributed by atoms with Crippen LogP contribution in [0.3, 0.4) is 0 Å². The van der Waals surface area contributed by atoms with Crippen LogP contribution in [0.1, 0.15) is 23.2 Å². The summed E-state index contributed by atoms with van der Waals surface area (Å²) in [6.07, 6.45) is -0.988. The van der Waals surface area contributed by atoms with E-state index in [-0.39, 0.29) is 28.6 Å². The van der Waals surface area contributed by atoms with E-state index in [1.807, 2.05) is 0 Å². The smallest absolute Gasteiger partial charge is 0.409 e. The molecule has 1 aromatic carbocycles. The number of Topliss-reactive ketones (excluding diaryl/α,β-unsaturated/α-hetero) is 1. The highest BCUT2D eigenvalue weighted by atomic mass is 35.5. The van der Waals surface area contributed by atoms with Crippen molar-refractivity contribution in [1.29, 1.82) is 0 Å². The zero-order valence-corrected chi connectivity index (χ0v) is 15.6. The number of amides is 4. The van der Waals surface area contributed by atoms with Crippen LogP contribution in [0, 0.1) is 5.92 Å². The number of benzene rings is 1. The molecular formula is C17H19ClN4O6. The molecule has 1 fully saturated rings. The summed E-state index contributed by atoms with van der Waals surface area (Å²) in [4.78, 5) is 59.6. The predicted molar refractivity (Wildman–Crippen MR) is 99.2 cm³/mol. The third-order valence-electron chi connectivity index (χ3n) is 4.22. The fraction of sp³-hybridized carbons (Fsp3) is 0.353. The minimum Gasteiger partial charge on any atom is -0.465 e. The van der Waals surface area contributed by atoms with Gasteiger partial charge in [-0.05, 0) is 31.0 Å². The molecule has 10 nitrogen and oxygen atoms in total. The van der Waals surface area contributed by atoms with E-state index in [9.17, 15) is 24.0 Å². The topological polar surface area (TPSA) is 154 Å². The van der Waals surface area contributed by atoms with Crippen LogP contribution in [0.25, 0.3) is 0 Å². The van der Waals surface area contributed by atoms with Gasteiger partial charge in [0.25, 0.3) is 11.8 Å². The Labute approximate surface area is 165 Å². The molecule has 2 unspecified atom stereocenters. The fourth-order valence-corrected chi connectivity index (χ4v) is 3.00. The van der Waals surface area contributed by atoms with Crippen molar-refractivity contribution < 1.29 is 29.1 Å². The van der Waals surface area contributed by atoms with Crippen LogP contribution in [0.15, 0.2) is 18.2 Å². The van der Waals surface area contributed by atoms with Crippen molar-refractivity contribution >= 4 is 46.9 Å². The van der Waals surface area contributed by atoms with Crippen LogP contribution in [-0.2, 0) is 14.4 Å². The highest BCUT2D eigenvalue weighted by Gasteiger charge is 2.34. The number of anilines is 1. The van der Waals surface area contributed by atoms with Crippen molar-refractivity contribution in [2.45, 2.75) is 18.9 Å². The minimum atomic E-state index is -1.39.